The Kier molecular flexibility index (Phi) is 3.77. The molecule has 1 aromatic heterocycles. The van der Waals surface area contributed by atoms with E-state index < -0.39 is 6.09 Å². The molecule has 0 aliphatic heterocycles. The number of carbonyl (C=O) groups is 1. The molecule has 0 aliphatic rings. The number of ether oxygens (including phenoxy) is 1. The maximum absolute atomic E-state index is 11.6. The van der Waals surface area contributed by atoms with Crippen LogP contribution in [0.1, 0.15) is 17.8 Å². The summed E-state index contributed by atoms with van der Waals surface area (Å²) in [5.74, 6) is 0.545. The van der Waals surface area contributed by atoms with E-state index in [0.717, 1.165) is 4.88 Å². The number of rotatable bonds is 3. The molecule has 0 bridgehead atoms. The topological polar surface area (TPSA) is 38.3 Å². The van der Waals surface area contributed by atoms with Crippen LogP contribution in [0.2, 0.25) is 0 Å². The molecule has 1 amide bonds. The lowest BCUT2D eigenvalue weighted by Gasteiger charge is -2.12. The van der Waals surface area contributed by atoms with Crippen molar-refractivity contribution in [2.45, 2.75) is 13.0 Å². The summed E-state index contributed by atoms with van der Waals surface area (Å²) < 4.78 is 5.14. The van der Waals surface area contributed by atoms with E-state index >= 15 is 0 Å². The van der Waals surface area contributed by atoms with Crippen molar-refractivity contribution in [1.82, 2.24) is 5.32 Å². The second-order valence-electron chi connectivity index (χ2n) is 3.58. The van der Waals surface area contributed by atoms with Gasteiger partial charge in [-0.2, -0.15) is 0 Å². The Hall–Kier alpha value is -1.81. The summed E-state index contributed by atoms with van der Waals surface area (Å²) in [5.41, 5.74) is 0. The molecular formula is C13H13NO2S. The zero-order valence-electron chi connectivity index (χ0n) is 9.42. The molecule has 0 unspecified atom stereocenters. The molecule has 0 aliphatic carbocycles. The molecular weight excluding hydrogens is 234 g/mol. The maximum atomic E-state index is 11.6. The molecule has 1 aromatic carbocycles. The molecule has 1 N–H and O–H groups in total. The number of benzene rings is 1. The monoisotopic (exact) mass is 247 g/mol. The third-order valence-electron chi connectivity index (χ3n) is 2.26. The first-order chi connectivity index (χ1) is 8.25. The van der Waals surface area contributed by atoms with E-state index in [-0.39, 0.29) is 6.04 Å². The summed E-state index contributed by atoms with van der Waals surface area (Å²) in [6.45, 7) is 1.93. The Morgan fingerprint density at radius 2 is 2.00 bits per heavy atom. The Morgan fingerprint density at radius 1 is 1.24 bits per heavy atom. The van der Waals surface area contributed by atoms with Gasteiger partial charge < -0.3 is 10.1 Å². The highest BCUT2D eigenvalue weighted by Gasteiger charge is 2.11. The number of hydrogen-bond acceptors (Lipinski definition) is 3. The molecule has 0 saturated carbocycles. The standard InChI is InChI=1S/C13H13NO2S/c1-10(12-8-5-9-17-12)14-13(15)16-11-6-3-2-4-7-11/h2-10H,1H3,(H,14,15)/t10-/m1/s1. The van der Waals surface area contributed by atoms with Crippen LogP contribution in [-0.4, -0.2) is 6.09 Å². The summed E-state index contributed by atoms with van der Waals surface area (Å²) in [6, 6.07) is 12.9. The van der Waals surface area contributed by atoms with Gasteiger partial charge in [-0.3, -0.25) is 0 Å². The molecule has 1 atom stereocenters. The van der Waals surface area contributed by atoms with Gasteiger partial charge in [0.05, 0.1) is 6.04 Å². The first kappa shape index (κ1) is 11.7. The fourth-order valence-corrected chi connectivity index (χ4v) is 2.15. The van der Waals surface area contributed by atoms with Crippen LogP contribution >= 0.6 is 11.3 Å². The summed E-state index contributed by atoms with van der Waals surface area (Å²) in [4.78, 5) is 12.7. The minimum Gasteiger partial charge on any atom is -0.410 e. The third kappa shape index (κ3) is 3.32. The summed E-state index contributed by atoms with van der Waals surface area (Å²) in [7, 11) is 0. The summed E-state index contributed by atoms with van der Waals surface area (Å²) in [5, 5.41) is 4.76. The van der Waals surface area contributed by atoms with Gasteiger partial charge in [-0.1, -0.05) is 24.3 Å². The average Bonchev–Trinajstić information content (AvgIpc) is 2.83. The van der Waals surface area contributed by atoms with Crippen molar-refractivity contribution in [2.24, 2.45) is 0 Å². The molecule has 0 fully saturated rings. The quantitative estimate of drug-likeness (QED) is 0.900. The normalized spacial score (nSPS) is 11.8. The molecule has 1 heterocycles. The molecule has 88 valence electrons. The first-order valence-electron chi connectivity index (χ1n) is 5.32. The highest BCUT2D eigenvalue weighted by atomic mass is 32.1. The van der Waals surface area contributed by atoms with E-state index in [0.29, 0.717) is 5.75 Å². The maximum Gasteiger partial charge on any atom is 0.413 e. The summed E-state index contributed by atoms with van der Waals surface area (Å²) in [6.07, 6.45) is -0.433. The van der Waals surface area contributed by atoms with Crippen LogP contribution in [-0.2, 0) is 0 Å². The van der Waals surface area contributed by atoms with Crippen molar-refractivity contribution in [3.8, 4) is 5.75 Å². The molecule has 2 aromatic rings. The van der Waals surface area contributed by atoms with E-state index in [2.05, 4.69) is 5.32 Å². The van der Waals surface area contributed by atoms with Gasteiger partial charge in [0.15, 0.2) is 0 Å². The molecule has 0 saturated heterocycles. The number of nitrogens with one attached hydrogen (secondary N) is 1. The third-order valence-corrected chi connectivity index (χ3v) is 3.31. The second-order valence-corrected chi connectivity index (χ2v) is 4.56. The zero-order valence-corrected chi connectivity index (χ0v) is 10.2. The molecule has 17 heavy (non-hydrogen) atoms. The molecule has 0 radical (unpaired) electrons. The van der Waals surface area contributed by atoms with Crippen molar-refractivity contribution in [1.29, 1.82) is 0 Å². The second kappa shape index (κ2) is 5.50. The van der Waals surface area contributed by atoms with Crippen molar-refractivity contribution in [3.63, 3.8) is 0 Å². The van der Waals surface area contributed by atoms with Crippen LogP contribution in [0.3, 0.4) is 0 Å². The number of hydrogen-bond donors (Lipinski definition) is 1. The minimum atomic E-state index is -0.433. The van der Waals surface area contributed by atoms with Crippen LogP contribution in [0.15, 0.2) is 47.8 Å². The highest BCUT2D eigenvalue weighted by Crippen LogP contribution is 2.18. The van der Waals surface area contributed by atoms with Crippen LogP contribution < -0.4 is 10.1 Å². The predicted molar refractivity (Wildman–Crippen MR) is 68.3 cm³/mol. The Balaban J connectivity index is 1.90. The lowest BCUT2D eigenvalue weighted by atomic mass is 10.3. The van der Waals surface area contributed by atoms with Crippen molar-refractivity contribution < 1.29 is 9.53 Å². The fraction of sp³-hybridized carbons (Fsp3) is 0.154. The Morgan fingerprint density at radius 3 is 2.65 bits per heavy atom. The lowest BCUT2D eigenvalue weighted by molar-refractivity contribution is 0.197. The van der Waals surface area contributed by atoms with E-state index in [4.69, 9.17) is 4.74 Å². The van der Waals surface area contributed by atoms with Gasteiger partial charge in [0.2, 0.25) is 0 Å². The van der Waals surface area contributed by atoms with E-state index in [9.17, 15) is 4.79 Å². The predicted octanol–water partition coefficient (Wildman–Crippen LogP) is 3.60. The van der Waals surface area contributed by atoms with Crippen molar-refractivity contribution >= 4 is 17.4 Å². The SMILES string of the molecule is C[C@@H](NC(=O)Oc1ccccc1)c1cccs1. The van der Waals surface area contributed by atoms with Crippen LogP contribution in [0.25, 0.3) is 0 Å². The van der Waals surface area contributed by atoms with Gasteiger partial charge >= 0.3 is 6.09 Å². The van der Waals surface area contributed by atoms with Gasteiger partial charge in [-0.25, -0.2) is 4.79 Å². The van der Waals surface area contributed by atoms with Gasteiger partial charge in [-0.15, -0.1) is 11.3 Å². The van der Waals surface area contributed by atoms with E-state index in [1.165, 1.54) is 0 Å². The molecule has 2 rings (SSSR count). The van der Waals surface area contributed by atoms with Crippen LogP contribution in [0, 0.1) is 0 Å². The first-order valence-corrected chi connectivity index (χ1v) is 6.20. The molecule has 3 nitrogen and oxygen atoms in total. The van der Waals surface area contributed by atoms with Gasteiger partial charge in [0.1, 0.15) is 5.75 Å². The number of para-hydroxylation sites is 1. The number of carbonyl (C=O) groups excluding carboxylic acids is 1. The largest absolute Gasteiger partial charge is 0.413 e. The van der Waals surface area contributed by atoms with Crippen LogP contribution in [0.4, 0.5) is 4.79 Å². The average molecular weight is 247 g/mol. The van der Waals surface area contributed by atoms with Crippen molar-refractivity contribution in [2.75, 3.05) is 0 Å². The van der Waals surface area contributed by atoms with Gasteiger partial charge in [0, 0.05) is 4.88 Å². The highest BCUT2D eigenvalue weighted by molar-refractivity contribution is 7.10. The van der Waals surface area contributed by atoms with E-state index in [1.807, 2.05) is 42.6 Å². The van der Waals surface area contributed by atoms with Crippen LogP contribution in [0.5, 0.6) is 5.75 Å². The van der Waals surface area contributed by atoms with E-state index in [1.54, 1.807) is 23.5 Å². The Bertz CT molecular complexity index is 467. The Labute approximate surface area is 104 Å². The summed E-state index contributed by atoms with van der Waals surface area (Å²) >= 11 is 1.61. The lowest BCUT2D eigenvalue weighted by Crippen LogP contribution is -2.29. The fourth-order valence-electron chi connectivity index (χ4n) is 1.41. The van der Waals surface area contributed by atoms with Gasteiger partial charge in [0.25, 0.3) is 0 Å². The smallest absolute Gasteiger partial charge is 0.410 e. The minimum absolute atomic E-state index is 0.0359. The number of amides is 1. The van der Waals surface area contributed by atoms with Crippen molar-refractivity contribution in [3.05, 3.63) is 52.7 Å². The number of thiophene rings is 1. The molecule has 4 heteroatoms. The zero-order chi connectivity index (χ0) is 12.1. The molecule has 0 spiro atoms. The van der Waals surface area contributed by atoms with Gasteiger partial charge in [-0.05, 0) is 30.5 Å².